The minimum atomic E-state index is -0.838. The molecule has 1 aromatic carbocycles. The van der Waals surface area contributed by atoms with Crippen LogP contribution < -0.4 is 10.6 Å². The van der Waals surface area contributed by atoms with E-state index >= 15 is 0 Å². The van der Waals surface area contributed by atoms with Crippen LogP contribution in [0.4, 0.5) is 15.5 Å². The number of aryl methyl sites for hydroxylation is 1. The number of ether oxygens (including phenoxy) is 4. The quantitative estimate of drug-likeness (QED) is 0.189. The van der Waals surface area contributed by atoms with Crippen molar-refractivity contribution in [2.45, 2.75) is 72.3 Å². The normalized spacial score (nSPS) is 12.4. The Bertz CT molecular complexity index is 1390. The van der Waals surface area contributed by atoms with Crippen molar-refractivity contribution in [3.05, 3.63) is 64.6 Å². The van der Waals surface area contributed by atoms with Crippen molar-refractivity contribution in [3.63, 3.8) is 0 Å². The van der Waals surface area contributed by atoms with E-state index in [1.807, 2.05) is 13.8 Å². The highest BCUT2D eigenvalue weighted by Gasteiger charge is 2.21. The highest BCUT2D eigenvalue weighted by molar-refractivity contribution is 6.30. The number of carbonyl (C=O) groups excluding carboxylic acids is 3. The van der Waals surface area contributed by atoms with Crippen molar-refractivity contribution < 1.29 is 33.3 Å². The maximum atomic E-state index is 13.3. The summed E-state index contributed by atoms with van der Waals surface area (Å²) in [5, 5.41) is 6.54. The number of benzene rings is 1. The molecule has 0 saturated heterocycles. The Morgan fingerprint density at radius 1 is 1.00 bits per heavy atom. The highest BCUT2D eigenvalue weighted by Crippen LogP contribution is 2.24. The minimum Gasteiger partial charge on any atom is -0.432 e. The number of rotatable bonds is 13. The zero-order valence-corrected chi connectivity index (χ0v) is 25.9. The van der Waals surface area contributed by atoms with Crippen LogP contribution >= 0.6 is 11.6 Å². The molecule has 0 aliphatic carbocycles. The van der Waals surface area contributed by atoms with E-state index in [2.05, 4.69) is 25.6 Å². The lowest BCUT2D eigenvalue weighted by atomic mass is 10.1. The molecule has 0 aliphatic heterocycles. The van der Waals surface area contributed by atoms with Crippen LogP contribution in [-0.2, 0) is 18.9 Å². The number of carbonyl (C=O) groups is 3. The Balaban J connectivity index is 1.73. The summed E-state index contributed by atoms with van der Waals surface area (Å²) < 4.78 is 20.5. The van der Waals surface area contributed by atoms with Gasteiger partial charge in [0.1, 0.15) is 18.9 Å². The third-order valence-corrected chi connectivity index (χ3v) is 6.22. The predicted molar refractivity (Wildman–Crippen MR) is 161 cm³/mol. The summed E-state index contributed by atoms with van der Waals surface area (Å²) in [6, 6.07) is 7.63. The van der Waals surface area contributed by atoms with Crippen LogP contribution in [0.25, 0.3) is 11.3 Å². The van der Waals surface area contributed by atoms with Crippen molar-refractivity contribution in [2.75, 3.05) is 18.5 Å². The number of hydrogen-bond donors (Lipinski definition) is 3. The summed E-state index contributed by atoms with van der Waals surface area (Å²) in [5.74, 6) is -0.0921. The molecule has 0 aliphatic rings. The molecular weight excluding hydrogens is 578 g/mol. The lowest BCUT2D eigenvalue weighted by Gasteiger charge is -2.19. The number of nitrogens with one attached hydrogen (secondary N) is 3. The molecule has 12 nitrogen and oxygen atoms in total. The van der Waals surface area contributed by atoms with Crippen molar-refractivity contribution in [1.29, 1.82) is 0 Å². The lowest BCUT2D eigenvalue weighted by Crippen LogP contribution is -2.32. The van der Waals surface area contributed by atoms with Crippen LogP contribution in [0.5, 0.6) is 0 Å². The Kier molecular flexibility index (Phi) is 12.2. The SMILES string of the molecule is CC[C@H](COC(=O)OC(C)C)Nc1ncc(C)c(-c2c[nH]c(C(=O)N[C@H](COC(=O)OC(C)C)c3cccc(Cl)c3)c2)n1. The molecule has 0 unspecified atom stereocenters. The van der Waals surface area contributed by atoms with E-state index in [-0.39, 0.29) is 37.2 Å². The topological polar surface area (TPSA) is 154 Å². The van der Waals surface area contributed by atoms with E-state index in [1.54, 1.807) is 70.4 Å². The molecule has 3 N–H and O–H groups in total. The molecule has 13 heteroatoms. The monoisotopic (exact) mass is 615 g/mol. The molecular formula is C30H38ClN5O7. The summed E-state index contributed by atoms with van der Waals surface area (Å²) in [6.45, 7) is 10.6. The van der Waals surface area contributed by atoms with Crippen LogP contribution in [0, 0.1) is 6.92 Å². The standard InChI is InChI=1S/C30H38ClN5O7/c1-7-23(15-40-29(38)42-17(2)3)34-28-33-13-19(6)26(36-28)21-12-24(32-14-21)27(37)35-25(16-41-30(39)43-18(4)5)20-9-8-10-22(31)11-20/h8-14,17-18,23,25,32H,7,15-16H2,1-6H3,(H,35,37)(H,33,34,36)/t23-,25-/m1/s1. The van der Waals surface area contributed by atoms with Crippen LogP contribution in [0.1, 0.15) is 68.7 Å². The molecule has 2 atom stereocenters. The second-order valence-electron chi connectivity index (χ2n) is 10.3. The van der Waals surface area contributed by atoms with Gasteiger partial charge in [0.25, 0.3) is 5.91 Å². The van der Waals surface area contributed by atoms with Gasteiger partial charge in [-0.05, 0) is 70.4 Å². The molecule has 43 heavy (non-hydrogen) atoms. The smallest absolute Gasteiger partial charge is 0.432 e. The second-order valence-corrected chi connectivity index (χ2v) is 10.7. The van der Waals surface area contributed by atoms with Gasteiger partial charge in [0.05, 0.1) is 30.0 Å². The predicted octanol–water partition coefficient (Wildman–Crippen LogP) is 6.22. The molecule has 1 amide bonds. The molecule has 0 radical (unpaired) electrons. The molecule has 0 fully saturated rings. The number of anilines is 1. The maximum Gasteiger partial charge on any atom is 0.508 e. The van der Waals surface area contributed by atoms with Crippen molar-refractivity contribution in [3.8, 4) is 11.3 Å². The summed E-state index contributed by atoms with van der Waals surface area (Å²) in [7, 11) is 0. The molecule has 0 bridgehead atoms. The van der Waals surface area contributed by atoms with Gasteiger partial charge in [-0.25, -0.2) is 19.6 Å². The Morgan fingerprint density at radius 3 is 2.30 bits per heavy atom. The fourth-order valence-electron chi connectivity index (χ4n) is 3.86. The van der Waals surface area contributed by atoms with Gasteiger partial charge in [-0.3, -0.25) is 4.79 Å². The van der Waals surface area contributed by atoms with E-state index in [4.69, 9.17) is 30.5 Å². The first kappa shape index (κ1) is 33.2. The first-order chi connectivity index (χ1) is 20.4. The zero-order valence-electron chi connectivity index (χ0n) is 25.1. The van der Waals surface area contributed by atoms with Crippen LogP contribution in [0.2, 0.25) is 5.02 Å². The van der Waals surface area contributed by atoms with Gasteiger partial charge in [-0.2, -0.15) is 0 Å². The van der Waals surface area contributed by atoms with E-state index in [0.717, 1.165) is 5.56 Å². The number of H-pyrrole nitrogens is 1. The van der Waals surface area contributed by atoms with Crippen LogP contribution in [0.3, 0.4) is 0 Å². The summed E-state index contributed by atoms with van der Waals surface area (Å²) >= 11 is 6.17. The summed E-state index contributed by atoms with van der Waals surface area (Å²) in [4.78, 5) is 49.0. The summed E-state index contributed by atoms with van der Waals surface area (Å²) in [6.07, 6.45) is 1.78. The molecule has 2 aromatic heterocycles. The maximum absolute atomic E-state index is 13.3. The average molecular weight is 616 g/mol. The number of aromatic amines is 1. The largest absolute Gasteiger partial charge is 0.508 e. The number of aromatic nitrogens is 3. The van der Waals surface area contributed by atoms with Gasteiger partial charge >= 0.3 is 12.3 Å². The first-order valence-corrected chi connectivity index (χ1v) is 14.3. The Hall–Kier alpha value is -4.32. The van der Waals surface area contributed by atoms with E-state index in [0.29, 0.717) is 34.2 Å². The second kappa shape index (κ2) is 15.8. The Morgan fingerprint density at radius 2 is 1.67 bits per heavy atom. The molecule has 0 saturated carbocycles. The molecule has 2 heterocycles. The number of hydrogen-bond acceptors (Lipinski definition) is 10. The van der Waals surface area contributed by atoms with E-state index in [9.17, 15) is 14.4 Å². The van der Waals surface area contributed by atoms with Gasteiger partial charge in [0.2, 0.25) is 5.95 Å². The van der Waals surface area contributed by atoms with Crippen molar-refractivity contribution >= 4 is 35.8 Å². The molecule has 232 valence electrons. The van der Waals surface area contributed by atoms with Gasteiger partial charge in [0, 0.05) is 23.0 Å². The van der Waals surface area contributed by atoms with E-state index < -0.39 is 24.3 Å². The molecule has 0 spiro atoms. The summed E-state index contributed by atoms with van der Waals surface area (Å²) in [5.41, 5.74) is 2.97. The average Bonchev–Trinajstić information content (AvgIpc) is 3.43. The third kappa shape index (κ3) is 10.5. The van der Waals surface area contributed by atoms with Crippen LogP contribution in [-0.4, -0.2) is 64.6 Å². The molecule has 3 aromatic rings. The third-order valence-electron chi connectivity index (χ3n) is 5.99. The lowest BCUT2D eigenvalue weighted by molar-refractivity contribution is 0.0282. The van der Waals surface area contributed by atoms with E-state index in [1.165, 1.54) is 0 Å². The minimum absolute atomic E-state index is 0.0792. The number of nitrogens with zero attached hydrogens (tertiary/aromatic N) is 2. The van der Waals surface area contributed by atoms with Gasteiger partial charge in [-0.1, -0.05) is 30.7 Å². The fraction of sp³-hybridized carbons (Fsp3) is 0.433. The first-order valence-electron chi connectivity index (χ1n) is 14.0. The highest BCUT2D eigenvalue weighted by atomic mass is 35.5. The zero-order chi connectivity index (χ0) is 31.5. The number of amides is 1. The Labute approximate surface area is 255 Å². The van der Waals surface area contributed by atoms with Gasteiger partial charge in [-0.15, -0.1) is 0 Å². The van der Waals surface area contributed by atoms with Gasteiger partial charge in [0.15, 0.2) is 0 Å². The van der Waals surface area contributed by atoms with Crippen molar-refractivity contribution in [1.82, 2.24) is 20.3 Å². The van der Waals surface area contributed by atoms with Crippen LogP contribution in [0.15, 0.2) is 42.7 Å². The van der Waals surface area contributed by atoms with Gasteiger partial charge < -0.3 is 34.6 Å². The van der Waals surface area contributed by atoms with Crippen molar-refractivity contribution in [2.24, 2.45) is 0 Å². The molecule has 3 rings (SSSR count). The fourth-order valence-corrected chi connectivity index (χ4v) is 4.06. The number of halogens is 1.